The molecule has 0 saturated carbocycles. The predicted molar refractivity (Wildman–Crippen MR) is 102 cm³/mol. The second-order valence-electron chi connectivity index (χ2n) is 7.21. The molecule has 0 fully saturated rings. The van der Waals surface area contributed by atoms with E-state index in [0.29, 0.717) is 0 Å². The molecule has 0 spiro atoms. The van der Waals surface area contributed by atoms with Crippen LogP contribution >= 0.6 is 0 Å². The average Bonchev–Trinajstić information content (AvgIpc) is 3.26. The van der Waals surface area contributed by atoms with Crippen LogP contribution in [0.25, 0.3) is 10.9 Å². The van der Waals surface area contributed by atoms with Crippen molar-refractivity contribution in [1.82, 2.24) is 19.9 Å². The third kappa shape index (κ3) is 4.14. The van der Waals surface area contributed by atoms with Gasteiger partial charge in [0.1, 0.15) is 5.82 Å². The number of amides is 1. The molecule has 0 aliphatic carbocycles. The van der Waals surface area contributed by atoms with Crippen molar-refractivity contribution >= 4 is 16.8 Å². The fourth-order valence-corrected chi connectivity index (χ4v) is 3.49. The zero-order valence-electron chi connectivity index (χ0n) is 16.1. The molecule has 0 radical (unpaired) electrons. The number of aryl methyl sites for hydroxylation is 1. The van der Waals surface area contributed by atoms with Gasteiger partial charge in [0.15, 0.2) is 0 Å². The van der Waals surface area contributed by atoms with E-state index in [1.807, 2.05) is 37.4 Å². The molecule has 0 aliphatic rings. The smallest absolute Gasteiger partial charge is 0.374 e. The Morgan fingerprint density at radius 1 is 1.34 bits per heavy atom. The third-order valence-electron chi connectivity index (χ3n) is 5.11. The molecule has 2 heterocycles. The molecule has 3 N–H and O–H groups in total. The standard InChI is InChI=1S/C20H23F3N4O2/c1-13(15-12-26-16-6-4-3-5-14(15)16)11-17(28)24-8-7-19(29,20(21,22)23)18-25-9-10-27(18)2/h3-6,9-10,12-13,26,29H,7-8,11H2,1-2H3,(H,24,28). The number of alkyl halides is 3. The van der Waals surface area contributed by atoms with Crippen molar-refractivity contribution in [2.75, 3.05) is 6.54 Å². The summed E-state index contributed by atoms with van der Waals surface area (Å²) in [6.07, 6.45) is -1.18. The molecular weight excluding hydrogens is 385 g/mol. The van der Waals surface area contributed by atoms with Gasteiger partial charge in [-0.1, -0.05) is 25.1 Å². The van der Waals surface area contributed by atoms with Crippen LogP contribution in [0.15, 0.2) is 42.9 Å². The van der Waals surface area contributed by atoms with E-state index in [1.54, 1.807) is 0 Å². The number of hydrogen-bond acceptors (Lipinski definition) is 3. The summed E-state index contributed by atoms with van der Waals surface area (Å²) in [6, 6.07) is 7.69. The quantitative estimate of drug-likeness (QED) is 0.561. The Bertz CT molecular complexity index is 995. The number of imidazole rings is 1. The van der Waals surface area contributed by atoms with E-state index in [9.17, 15) is 23.1 Å². The van der Waals surface area contributed by atoms with Crippen molar-refractivity contribution in [2.45, 2.75) is 37.5 Å². The van der Waals surface area contributed by atoms with Gasteiger partial charge in [0.05, 0.1) is 0 Å². The predicted octanol–water partition coefficient (Wildman–Crippen LogP) is 3.35. The first kappa shape index (κ1) is 20.9. The lowest BCUT2D eigenvalue weighted by molar-refractivity contribution is -0.272. The van der Waals surface area contributed by atoms with Crippen molar-refractivity contribution in [2.24, 2.45) is 7.05 Å². The van der Waals surface area contributed by atoms with Gasteiger partial charge in [0.25, 0.3) is 0 Å². The van der Waals surface area contributed by atoms with E-state index in [4.69, 9.17) is 0 Å². The number of carbonyl (C=O) groups is 1. The summed E-state index contributed by atoms with van der Waals surface area (Å²) in [5.74, 6) is -1.01. The number of rotatable bonds is 7. The molecule has 0 bridgehead atoms. The summed E-state index contributed by atoms with van der Waals surface area (Å²) < 4.78 is 41.6. The van der Waals surface area contributed by atoms with Gasteiger partial charge in [-0.15, -0.1) is 0 Å². The Balaban J connectivity index is 1.62. The molecule has 2 atom stereocenters. The molecule has 29 heavy (non-hydrogen) atoms. The second-order valence-corrected chi connectivity index (χ2v) is 7.21. The molecular formula is C20H23F3N4O2. The number of para-hydroxylation sites is 1. The number of nitrogens with zero attached hydrogens (tertiary/aromatic N) is 2. The number of aromatic amines is 1. The van der Waals surface area contributed by atoms with Crippen LogP contribution in [0.1, 0.15) is 37.1 Å². The van der Waals surface area contributed by atoms with Crippen LogP contribution < -0.4 is 5.32 Å². The van der Waals surface area contributed by atoms with E-state index in [2.05, 4.69) is 15.3 Å². The van der Waals surface area contributed by atoms with Gasteiger partial charge in [-0.3, -0.25) is 4.79 Å². The lowest BCUT2D eigenvalue weighted by atomic mass is 9.96. The third-order valence-corrected chi connectivity index (χ3v) is 5.11. The van der Waals surface area contributed by atoms with E-state index >= 15 is 0 Å². The first-order valence-corrected chi connectivity index (χ1v) is 9.23. The Kier molecular flexibility index (Phi) is 5.70. The Morgan fingerprint density at radius 3 is 2.72 bits per heavy atom. The first-order chi connectivity index (χ1) is 13.6. The summed E-state index contributed by atoms with van der Waals surface area (Å²) in [5.41, 5.74) is -1.21. The Hall–Kier alpha value is -2.81. The summed E-state index contributed by atoms with van der Waals surface area (Å²) in [4.78, 5) is 19.1. The molecule has 3 rings (SSSR count). The fraction of sp³-hybridized carbons (Fsp3) is 0.400. The van der Waals surface area contributed by atoms with E-state index < -0.39 is 24.0 Å². The maximum Gasteiger partial charge on any atom is 0.424 e. The number of benzene rings is 1. The first-order valence-electron chi connectivity index (χ1n) is 9.23. The normalized spacial score (nSPS) is 15.2. The largest absolute Gasteiger partial charge is 0.424 e. The highest BCUT2D eigenvalue weighted by molar-refractivity contribution is 5.85. The summed E-state index contributed by atoms with van der Waals surface area (Å²) in [7, 11) is 1.38. The molecule has 6 nitrogen and oxygen atoms in total. The molecule has 3 aromatic rings. The van der Waals surface area contributed by atoms with Gasteiger partial charge >= 0.3 is 6.18 Å². The van der Waals surface area contributed by atoms with Crippen molar-refractivity contribution in [3.8, 4) is 0 Å². The lowest BCUT2D eigenvalue weighted by Crippen LogP contribution is -2.46. The summed E-state index contributed by atoms with van der Waals surface area (Å²) in [6.45, 7) is 1.55. The number of hydrogen-bond donors (Lipinski definition) is 3. The van der Waals surface area contributed by atoms with Crippen LogP contribution in [0.2, 0.25) is 0 Å². The van der Waals surface area contributed by atoms with Crippen molar-refractivity contribution in [3.63, 3.8) is 0 Å². The number of H-pyrrole nitrogens is 1. The number of nitrogens with one attached hydrogen (secondary N) is 2. The molecule has 9 heteroatoms. The fourth-order valence-electron chi connectivity index (χ4n) is 3.49. The Labute approximate surface area is 165 Å². The molecule has 156 valence electrons. The van der Waals surface area contributed by atoms with Gasteiger partial charge in [0, 0.05) is 55.9 Å². The van der Waals surface area contributed by atoms with Gasteiger partial charge in [0.2, 0.25) is 11.5 Å². The number of halogens is 3. The van der Waals surface area contributed by atoms with Gasteiger partial charge in [-0.05, 0) is 17.5 Å². The minimum atomic E-state index is -4.92. The van der Waals surface area contributed by atoms with Gasteiger partial charge in [-0.2, -0.15) is 13.2 Å². The SMILES string of the molecule is CC(CC(=O)NCCC(O)(c1nccn1C)C(F)(F)F)c1c[nH]c2ccccc12. The van der Waals surface area contributed by atoms with E-state index in [0.717, 1.165) is 21.0 Å². The van der Waals surface area contributed by atoms with E-state index in [1.165, 1.54) is 19.4 Å². The summed E-state index contributed by atoms with van der Waals surface area (Å²) in [5, 5.41) is 13.8. The highest BCUT2D eigenvalue weighted by atomic mass is 19.4. The van der Waals surface area contributed by atoms with Gasteiger partial charge < -0.3 is 20.0 Å². The molecule has 1 aromatic carbocycles. The summed E-state index contributed by atoms with van der Waals surface area (Å²) >= 11 is 0. The number of carbonyl (C=O) groups excluding carboxylic acids is 1. The maximum absolute atomic E-state index is 13.5. The number of aliphatic hydroxyl groups is 1. The highest BCUT2D eigenvalue weighted by Crippen LogP contribution is 2.40. The van der Waals surface area contributed by atoms with Crippen LogP contribution in [-0.2, 0) is 17.4 Å². The zero-order valence-corrected chi connectivity index (χ0v) is 16.1. The minimum Gasteiger partial charge on any atom is -0.374 e. The van der Waals surface area contributed by atoms with Crippen LogP contribution in [0.5, 0.6) is 0 Å². The highest BCUT2D eigenvalue weighted by Gasteiger charge is 2.57. The topological polar surface area (TPSA) is 82.9 Å². The van der Waals surface area contributed by atoms with Crippen molar-refractivity contribution in [3.05, 3.63) is 54.2 Å². The molecule has 0 saturated heterocycles. The number of aromatic nitrogens is 3. The maximum atomic E-state index is 13.5. The van der Waals surface area contributed by atoms with Gasteiger partial charge in [-0.25, -0.2) is 4.98 Å². The van der Waals surface area contributed by atoms with Crippen molar-refractivity contribution < 1.29 is 23.1 Å². The van der Waals surface area contributed by atoms with Crippen LogP contribution in [0, 0.1) is 0 Å². The molecule has 2 unspecified atom stereocenters. The van der Waals surface area contributed by atoms with Crippen LogP contribution in [-0.4, -0.2) is 38.3 Å². The molecule has 1 amide bonds. The van der Waals surface area contributed by atoms with Crippen molar-refractivity contribution in [1.29, 1.82) is 0 Å². The van der Waals surface area contributed by atoms with E-state index in [-0.39, 0.29) is 24.8 Å². The molecule has 0 aliphatic heterocycles. The monoisotopic (exact) mass is 408 g/mol. The minimum absolute atomic E-state index is 0.120. The van der Waals surface area contributed by atoms with Crippen LogP contribution in [0.4, 0.5) is 13.2 Å². The Morgan fingerprint density at radius 2 is 2.07 bits per heavy atom. The lowest BCUT2D eigenvalue weighted by Gasteiger charge is -2.30. The zero-order chi connectivity index (χ0) is 21.2. The second kappa shape index (κ2) is 7.90. The molecule has 2 aromatic heterocycles. The average molecular weight is 408 g/mol. The van der Waals surface area contributed by atoms with Crippen LogP contribution in [0.3, 0.4) is 0 Å². The number of fused-ring (bicyclic) bond motifs is 1.